The topological polar surface area (TPSA) is 50.2 Å². The summed E-state index contributed by atoms with van der Waals surface area (Å²) in [5.74, 6) is 0.633. The van der Waals surface area contributed by atoms with E-state index in [-0.39, 0.29) is 5.54 Å². The lowest BCUT2D eigenvalue weighted by Crippen LogP contribution is -2.18. The summed E-state index contributed by atoms with van der Waals surface area (Å²) >= 11 is 0. The lowest BCUT2D eigenvalue weighted by atomic mass is 9.94. The third kappa shape index (κ3) is 3.36. The van der Waals surface area contributed by atoms with Gasteiger partial charge in [-0.1, -0.05) is 48.5 Å². The number of rotatable bonds is 3. The van der Waals surface area contributed by atoms with E-state index in [1.165, 1.54) is 5.56 Å². The van der Waals surface area contributed by atoms with Crippen LogP contribution >= 0.6 is 0 Å². The summed E-state index contributed by atoms with van der Waals surface area (Å²) in [6.07, 6.45) is 3.66. The number of hydrogen-bond donors (Lipinski definition) is 1. The highest BCUT2D eigenvalue weighted by molar-refractivity contribution is 6.01. The molecule has 26 heavy (non-hydrogen) atoms. The van der Waals surface area contributed by atoms with Gasteiger partial charge < -0.3 is 5.32 Å². The molecule has 2 heterocycles. The van der Waals surface area contributed by atoms with Gasteiger partial charge in [-0.15, -0.1) is 0 Å². The van der Waals surface area contributed by atoms with Crippen LogP contribution < -0.4 is 5.32 Å². The van der Waals surface area contributed by atoms with Gasteiger partial charge in [-0.2, -0.15) is 0 Å². The second kappa shape index (κ2) is 6.71. The predicted octanol–water partition coefficient (Wildman–Crippen LogP) is 4.89. The van der Waals surface area contributed by atoms with Crippen molar-refractivity contribution in [1.29, 1.82) is 0 Å². The molecule has 130 valence electrons. The van der Waals surface area contributed by atoms with Gasteiger partial charge in [0.25, 0.3) is 0 Å². The SMILES string of the molecule is CC1(C)N=C(c2ccccc2)CCc2nc(Nc3ccccc3)ncc21. The summed E-state index contributed by atoms with van der Waals surface area (Å²) in [6.45, 7) is 4.27. The Bertz CT molecular complexity index is 931. The molecule has 3 aromatic rings. The number of aryl methyl sites for hydroxylation is 1. The van der Waals surface area contributed by atoms with E-state index >= 15 is 0 Å². The standard InChI is InChI=1S/C22H22N4/c1-22(2)18-15-23-21(24-17-11-7-4-8-12-17)25-20(18)14-13-19(26-22)16-9-5-3-6-10-16/h3-12,15H,13-14H2,1-2H3,(H,23,24,25). The van der Waals surface area contributed by atoms with Gasteiger partial charge in [-0.05, 0) is 44.4 Å². The molecule has 1 N–H and O–H groups in total. The second-order valence-corrected chi connectivity index (χ2v) is 7.03. The lowest BCUT2D eigenvalue weighted by Gasteiger charge is -2.22. The fourth-order valence-corrected chi connectivity index (χ4v) is 3.36. The molecule has 0 bridgehead atoms. The minimum Gasteiger partial charge on any atom is -0.324 e. The zero-order chi connectivity index (χ0) is 18.0. The molecule has 1 aliphatic rings. The molecule has 0 spiro atoms. The summed E-state index contributed by atoms with van der Waals surface area (Å²) in [5, 5.41) is 3.29. The average Bonchev–Trinajstić information content (AvgIpc) is 2.79. The minimum absolute atomic E-state index is 0.345. The van der Waals surface area contributed by atoms with Crippen LogP contribution in [0.15, 0.2) is 71.9 Å². The quantitative estimate of drug-likeness (QED) is 0.737. The fourth-order valence-electron chi connectivity index (χ4n) is 3.36. The fraction of sp³-hybridized carbons (Fsp3) is 0.227. The van der Waals surface area contributed by atoms with Crippen molar-refractivity contribution in [2.75, 3.05) is 5.32 Å². The molecule has 0 amide bonds. The van der Waals surface area contributed by atoms with E-state index < -0.39 is 0 Å². The van der Waals surface area contributed by atoms with Gasteiger partial charge in [0.2, 0.25) is 5.95 Å². The summed E-state index contributed by atoms with van der Waals surface area (Å²) in [4.78, 5) is 14.4. The van der Waals surface area contributed by atoms with E-state index in [4.69, 9.17) is 9.98 Å². The van der Waals surface area contributed by atoms with Gasteiger partial charge >= 0.3 is 0 Å². The second-order valence-electron chi connectivity index (χ2n) is 7.03. The number of hydrogen-bond acceptors (Lipinski definition) is 4. The molecule has 0 fully saturated rings. The average molecular weight is 342 g/mol. The van der Waals surface area contributed by atoms with Crippen LogP contribution in [-0.2, 0) is 12.0 Å². The Labute approximate surface area is 154 Å². The first-order chi connectivity index (χ1) is 12.6. The van der Waals surface area contributed by atoms with Crippen LogP contribution in [0.3, 0.4) is 0 Å². The largest absolute Gasteiger partial charge is 0.324 e. The van der Waals surface area contributed by atoms with E-state index in [1.807, 2.05) is 42.6 Å². The van der Waals surface area contributed by atoms with Gasteiger partial charge in [0, 0.05) is 23.2 Å². The number of benzene rings is 2. The van der Waals surface area contributed by atoms with Crippen molar-refractivity contribution in [3.63, 3.8) is 0 Å². The van der Waals surface area contributed by atoms with Crippen LogP contribution in [0, 0.1) is 0 Å². The maximum Gasteiger partial charge on any atom is 0.227 e. The third-order valence-electron chi connectivity index (χ3n) is 4.68. The Morgan fingerprint density at radius 1 is 0.885 bits per heavy atom. The van der Waals surface area contributed by atoms with E-state index in [1.54, 1.807) is 0 Å². The number of anilines is 2. The van der Waals surface area contributed by atoms with Crippen molar-refractivity contribution in [2.24, 2.45) is 4.99 Å². The molecular weight excluding hydrogens is 320 g/mol. The first-order valence-electron chi connectivity index (χ1n) is 8.94. The van der Waals surface area contributed by atoms with Gasteiger partial charge in [0.05, 0.1) is 11.2 Å². The van der Waals surface area contributed by atoms with Crippen molar-refractivity contribution in [1.82, 2.24) is 9.97 Å². The van der Waals surface area contributed by atoms with Crippen LogP contribution in [0.4, 0.5) is 11.6 Å². The smallest absolute Gasteiger partial charge is 0.227 e. The van der Waals surface area contributed by atoms with Crippen molar-refractivity contribution >= 4 is 17.3 Å². The molecule has 0 saturated heterocycles. The molecule has 1 aromatic heterocycles. The molecule has 0 aliphatic carbocycles. The number of fused-ring (bicyclic) bond motifs is 1. The third-order valence-corrected chi connectivity index (χ3v) is 4.68. The van der Waals surface area contributed by atoms with E-state index in [2.05, 4.69) is 48.4 Å². The highest BCUT2D eigenvalue weighted by atomic mass is 15.1. The number of aromatic nitrogens is 2. The van der Waals surface area contributed by atoms with Crippen LogP contribution in [0.5, 0.6) is 0 Å². The molecule has 0 saturated carbocycles. The van der Waals surface area contributed by atoms with E-state index in [0.717, 1.165) is 35.5 Å². The molecule has 4 nitrogen and oxygen atoms in total. The first-order valence-corrected chi connectivity index (χ1v) is 8.94. The van der Waals surface area contributed by atoms with Gasteiger partial charge in [-0.3, -0.25) is 4.99 Å². The number of nitrogens with one attached hydrogen (secondary N) is 1. The Morgan fingerprint density at radius 3 is 2.31 bits per heavy atom. The Hall–Kier alpha value is -3.01. The summed E-state index contributed by atoms with van der Waals surface area (Å²) in [7, 11) is 0. The number of nitrogens with zero attached hydrogens (tertiary/aromatic N) is 3. The summed E-state index contributed by atoms with van der Waals surface area (Å²) in [6, 6.07) is 20.4. The summed E-state index contributed by atoms with van der Waals surface area (Å²) < 4.78 is 0. The van der Waals surface area contributed by atoms with E-state index in [0.29, 0.717) is 5.95 Å². The minimum atomic E-state index is -0.345. The molecule has 4 heteroatoms. The van der Waals surface area contributed by atoms with Crippen molar-refractivity contribution in [3.8, 4) is 0 Å². The zero-order valence-corrected chi connectivity index (χ0v) is 15.1. The van der Waals surface area contributed by atoms with Crippen molar-refractivity contribution < 1.29 is 0 Å². The zero-order valence-electron chi connectivity index (χ0n) is 15.1. The van der Waals surface area contributed by atoms with Crippen LogP contribution in [-0.4, -0.2) is 15.7 Å². The maximum atomic E-state index is 5.05. The van der Waals surface area contributed by atoms with Crippen molar-refractivity contribution in [2.45, 2.75) is 32.2 Å². The molecule has 2 aromatic carbocycles. The van der Waals surface area contributed by atoms with Crippen LogP contribution in [0.1, 0.15) is 37.1 Å². The Kier molecular flexibility index (Phi) is 4.25. The van der Waals surface area contributed by atoms with Gasteiger partial charge in [0.15, 0.2) is 0 Å². The molecule has 0 unspecified atom stereocenters. The highest BCUT2D eigenvalue weighted by Crippen LogP contribution is 2.32. The Balaban J connectivity index is 1.66. The molecule has 0 atom stereocenters. The Morgan fingerprint density at radius 2 is 1.58 bits per heavy atom. The van der Waals surface area contributed by atoms with Crippen molar-refractivity contribution in [3.05, 3.63) is 83.7 Å². The first kappa shape index (κ1) is 16.5. The van der Waals surface area contributed by atoms with E-state index in [9.17, 15) is 0 Å². The van der Waals surface area contributed by atoms with Gasteiger partial charge in [-0.25, -0.2) is 9.97 Å². The molecular formula is C22H22N4. The van der Waals surface area contributed by atoms with Gasteiger partial charge in [0.1, 0.15) is 0 Å². The maximum absolute atomic E-state index is 5.05. The van der Waals surface area contributed by atoms with Crippen LogP contribution in [0.25, 0.3) is 0 Å². The number of aliphatic imine (C=N–C) groups is 1. The highest BCUT2D eigenvalue weighted by Gasteiger charge is 2.28. The normalized spacial score (nSPS) is 15.5. The summed E-state index contributed by atoms with van der Waals surface area (Å²) in [5.41, 5.74) is 5.12. The van der Waals surface area contributed by atoms with Crippen LogP contribution in [0.2, 0.25) is 0 Å². The predicted molar refractivity (Wildman–Crippen MR) is 106 cm³/mol. The molecule has 1 aliphatic heterocycles. The monoisotopic (exact) mass is 342 g/mol. The molecule has 4 rings (SSSR count). The lowest BCUT2D eigenvalue weighted by molar-refractivity contribution is 0.551. The number of para-hydroxylation sites is 1. The molecule has 0 radical (unpaired) electrons.